The van der Waals surface area contributed by atoms with Gasteiger partial charge in [-0.25, -0.2) is 9.59 Å². The topological polar surface area (TPSA) is 76.8 Å². The summed E-state index contributed by atoms with van der Waals surface area (Å²) in [6, 6.07) is 9.02. The van der Waals surface area contributed by atoms with E-state index in [1.807, 2.05) is 31.2 Å². The van der Waals surface area contributed by atoms with Crippen molar-refractivity contribution in [2.75, 3.05) is 11.5 Å². The van der Waals surface area contributed by atoms with E-state index in [1.165, 1.54) is 13.0 Å². The second kappa shape index (κ2) is 7.15. The highest BCUT2D eigenvalue weighted by Gasteiger charge is 2.29. The van der Waals surface area contributed by atoms with Gasteiger partial charge in [-0.1, -0.05) is 18.2 Å². The number of anilines is 1. The van der Waals surface area contributed by atoms with Crippen LogP contribution in [0.25, 0.3) is 0 Å². The standard InChI is InChI=1S/C20H21NO5/c1-12-10-18(23)26-14(3)19(12)20(24)25-11-17(22)21-13(2)8-9-15-6-4-5-7-16(15)21/h4-7,10,13H,8-9,11H2,1-3H3/t13-/m0/s1. The van der Waals surface area contributed by atoms with Gasteiger partial charge < -0.3 is 14.1 Å². The van der Waals surface area contributed by atoms with E-state index in [-0.39, 0.29) is 29.9 Å². The van der Waals surface area contributed by atoms with Crippen molar-refractivity contribution in [1.82, 2.24) is 0 Å². The van der Waals surface area contributed by atoms with E-state index in [9.17, 15) is 14.4 Å². The van der Waals surface area contributed by atoms with Gasteiger partial charge in [0.2, 0.25) is 0 Å². The number of esters is 1. The molecule has 1 atom stereocenters. The van der Waals surface area contributed by atoms with Crippen LogP contribution in [0.3, 0.4) is 0 Å². The number of amides is 1. The van der Waals surface area contributed by atoms with Crippen molar-refractivity contribution in [1.29, 1.82) is 0 Å². The van der Waals surface area contributed by atoms with Gasteiger partial charge in [0.05, 0.1) is 0 Å². The van der Waals surface area contributed by atoms with Crippen LogP contribution in [0, 0.1) is 13.8 Å². The fourth-order valence-electron chi connectivity index (χ4n) is 3.40. The zero-order chi connectivity index (χ0) is 18.8. The molecule has 1 aromatic carbocycles. The zero-order valence-corrected chi connectivity index (χ0v) is 15.1. The molecule has 6 nitrogen and oxygen atoms in total. The largest absolute Gasteiger partial charge is 0.452 e. The van der Waals surface area contributed by atoms with Crippen LogP contribution in [0.15, 0.2) is 39.5 Å². The Morgan fingerprint density at radius 3 is 2.73 bits per heavy atom. The maximum absolute atomic E-state index is 12.7. The number of ether oxygens (including phenoxy) is 1. The summed E-state index contributed by atoms with van der Waals surface area (Å²) < 4.78 is 10.2. The van der Waals surface area contributed by atoms with Gasteiger partial charge in [0, 0.05) is 17.8 Å². The van der Waals surface area contributed by atoms with Crippen molar-refractivity contribution in [3.05, 3.63) is 63.2 Å². The highest BCUT2D eigenvalue weighted by atomic mass is 16.5. The van der Waals surface area contributed by atoms with E-state index < -0.39 is 11.6 Å². The summed E-state index contributed by atoms with van der Waals surface area (Å²) in [5, 5.41) is 0. The molecule has 0 aliphatic carbocycles. The quantitative estimate of drug-likeness (QED) is 0.791. The second-order valence-electron chi connectivity index (χ2n) is 6.54. The third kappa shape index (κ3) is 3.40. The number of hydrogen-bond donors (Lipinski definition) is 0. The Bertz CT molecular complexity index is 888. The van der Waals surface area contributed by atoms with Crippen LogP contribution in [-0.4, -0.2) is 24.5 Å². The maximum Gasteiger partial charge on any atom is 0.342 e. The summed E-state index contributed by atoms with van der Waals surface area (Å²) in [4.78, 5) is 38.1. The number of rotatable bonds is 3. The minimum absolute atomic E-state index is 0.0364. The average Bonchev–Trinajstić information content (AvgIpc) is 2.58. The molecule has 0 N–H and O–H groups in total. The Morgan fingerprint density at radius 1 is 1.27 bits per heavy atom. The lowest BCUT2D eigenvalue weighted by molar-refractivity contribution is -0.122. The highest BCUT2D eigenvalue weighted by molar-refractivity contribution is 5.98. The second-order valence-corrected chi connectivity index (χ2v) is 6.54. The SMILES string of the molecule is Cc1cc(=O)oc(C)c1C(=O)OCC(=O)N1c2ccccc2CC[C@@H]1C. The number of carbonyl (C=O) groups excluding carboxylic acids is 2. The summed E-state index contributed by atoms with van der Waals surface area (Å²) in [7, 11) is 0. The molecule has 2 heterocycles. The Labute approximate surface area is 151 Å². The minimum atomic E-state index is -0.671. The fraction of sp³-hybridized carbons (Fsp3) is 0.350. The normalized spacial score (nSPS) is 16.1. The number of carbonyl (C=O) groups is 2. The van der Waals surface area contributed by atoms with Gasteiger partial charge in [-0.2, -0.15) is 0 Å². The molecule has 0 radical (unpaired) electrons. The number of nitrogens with zero attached hydrogens (tertiary/aromatic N) is 1. The third-order valence-corrected chi connectivity index (χ3v) is 4.66. The highest BCUT2D eigenvalue weighted by Crippen LogP contribution is 2.30. The van der Waals surface area contributed by atoms with Crippen LogP contribution >= 0.6 is 0 Å². The predicted molar refractivity (Wildman–Crippen MR) is 96.4 cm³/mol. The first-order valence-corrected chi connectivity index (χ1v) is 8.57. The van der Waals surface area contributed by atoms with Crippen LogP contribution in [0.2, 0.25) is 0 Å². The van der Waals surface area contributed by atoms with E-state index in [0.29, 0.717) is 5.56 Å². The van der Waals surface area contributed by atoms with Crippen molar-refractivity contribution in [2.45, 2.75) is 39.7 Å². The van der Waals surface area contributed by atoms with Crippen molar-refractivity contribution in [2.24, 2.45) is 0 Å². The van der Waals surface area contributed by atoms with Crippen LogP contribution in [0.1, 0.15) is 40.6 Å². The summed E-state index contributed by atoms with van der Waals surface area (Å²) in [5.74, 6) is -0.759. The molecule has 0 bridgehead atoms. The Balaban J connectivity index is 1.75. The molecule has 1 aliphatic heterocycles. The molecule has 0 fully saturated rings. The molecule has 3 rings (SSSR count). The van der Waals surface area contributed by atoms with Gasteiger partial charge in [-0.05, 0) is 50.8 Å². The molecule has 1 aromatic heterocycles. The van der Waals surface area contributed by atoms with E-state index in [2.05, 4.69) is 0 Å². The van der Waals surface area contributed by atoms with Gasteiger partial charge in [-0.15, -0.1) is 0 Å². The van der Waals surface area contributed by atoms with Gasteiger partial charge in [0.25, 0.3) is 5.91 Å². The van der Waals surface area contributed by atoms with Crippen molar-refractivity contribution in [3.63, 3.8) is 0 Å². The van der Waals surface area contributed by atoms with Gasteiger partial charge in [0.15, 0.2) is 6.61 Å². The summed E-state index contributed by atoms with van der Waals surface area (Å²) in [5.41, 5.74) is 2.11. The Morgan fingerprint density at radius 2 is 2.00 bits per heavy atom. The molecule has 1 amide bonds. The van der Waals surface area contributed by atoms with E-state index in [1.54, 1.807) is 11.8 Å². The molecule has 136 valence electrons. The minimum Gasteiger partial charge on any atom is -0.452 e. The van der Waals surface area contributed by atoms with E-state index >= 15 is 0 Å². The van der Waals surface area contributed by atoms with Gasteiger partial charge in [-0.3, -0.25) is 4.79 Å². The molecule has 0 unspecified atom stereocenters. The molecule has 0 saturated heterocycles. The number of benzene rings is 1. The summed E-state index contributed by atoms with van der Waals surface area (Å²) in [6.45, 7) is 4.77. The third-order valence-electron chi connectivity index (χ3n) is 4.66. The van der Waals surface area contributed by atoms with Crippen LogP contribution in [0.4, 0.5) is 5.69 Å². The molecule has 1 aliphatic rings. The Kier molecular flexibility index (Phi) is 4.93. The monoisotopic (exact) mass is 355 g/mol. The first-order valence-electron chi connectivity index (χ1n) is 8.57. The van der Waals surface area contributed by atoms with Gasteiger partial charge in [0.1, 0.15) is 11.3 Å². The van der Waals surface area contributed by atoms with Crippen molar-refractivity contribution in [3.8, 4) is 0 Å². The van der Waals surface area contributed by atoms with Crippen LogP contribution in [0.5, 0.6) is 0 Å². The zero-order valence-electron chi connectivity index (χ0n) is 15.1. The number of hydrogen-bond acceptors (Lipinski definition) is 5. The summed E-state index contributed by atoms with van der Waals surface area (Å²) >= 11 is 0. The predicted octanol–water partition coefficient (Wildman–Crippen LogP) is 2.78. The number of fused-ring (bicyclic) bond motifs is 1. The average molecular weight is 355 g/mol. The first kappa shape index (κ1) is 17.9. The van der Waals surface area contributed by atoms with Gasteiger partial charge >= 0.3 is 11.6 Å². The number of para-hydroxylation sites is 1. The van der Waals surface area contributed by atoms with E-state index in [4.69, 9.17) is 9.15 Å². The molecule has 6 heteroatoms. The van der Waals surface area contributed by atoms with Crippen molar-refractivity contribution < 1.29 is 18.7 Å². The molecule has 0 spiro atoms. The summed E-state index contributed by atoms with van der Waals surface area (Å²) in [6.07, 6.45) is 1.78. The molecule has 26 heavy (non-hydrogen) atoms. The Hall–Kier alpha value is -2.89. The van der Waals surface area contributed by atoms with E-state index in [0.717, 1.165) is 24.1 Å². The fourth-order valence-corrected chi connectivity index (χ4v) is 3.40. The maximum atomic E-state index is 12.7. The first-order chi connectivity index (χ1) is 12.4. The molecule has 2 aromatic rings. The lowest BCUT2D eigenvalue weighted by atomic mass is 9.96. The van der Waals surface area contributed by atoms with Crippen LogP contribution in [-0.2, 0) is 16.0 Å². The van der Waals surface area contributed by atoms with Crippen LogP contribution < -0.4 is 10.5 Å². The molecular weight excluding hydrogens is 334 g/mol. The number of aryl methyl sites for hydroxylation is 3. The lowest BCUT2D eigenvalue weighted by Crippen LogP contribution is -2.44. The lowest BCUT2D eigenvalue weighted by Gasteiger charge is -2.35. The molecular formula is C20H21NO5. The molecule has 0 saturated carbocycles. The smallest absolute Gasteiger partial charge is 0.342 e. The van der Waals surface area contributed by atoms with Crippen molar-refractivity contribution >= 4 is 17.6 Å².